The zero-order chi connectivity index (χ0) is 17.4. The van der Waals surface area contributed by atoms with E-state index in [9.17, 15) is 9.90 Å². The summed E-state index contributed by atoms with van der Waals surface area (Å²) in [7, 11) is 3.06. The zero-order valence-corrected chi connectivity index (χ0v) is 15.0. The van der Waals surface area contributed by atoms with E-state index in [1.54, 1.807) is 12.3 Å². The lowest BCUT2D eigenvalue weighted by Gasteiger charge is -2.25. The first kappa shape index (κ1) is 16.6. The van der Waals surface area contributed by atoms with Gasteiger partial charge in [0.05, 0.1) is 19.9 Å². The Balaban J connectivity index is 2.29. The molecule has 24 heavy (non-hydrogen) atoms. The molecule has 2 heterocycles. The van der Waals surface area contributed by atoms with Crippen LogP contribution in [0.4, 0.5) is 11.5 Å². The van der Waals surface area contributed by atoms with Crippen LogP contribution in [0.5, 0.6) is 11.5 Å². The highest BCUT2D eigenvalue weighted by molar-refractivity contribution is 9.10. The molecule has 0 amide bonds. The molecule has 1 unspecified atom stereocenters. The molecule has 0 aliphatic carbocycles. The summed E-state index contributed by atoms with van der Waals surface area (Å²) in [5, 5.41) is 10.9. The number of rotatable bonds is 4. The number of anilines is 2. The molecule has 128 valence electrons. The smallest absolute Gasteiger partial charge is 0.326 e. The monoisotopic (exact) mass is 395 g/mol. The van der Waals surface area contributed by atoms with Gasteiger partial charge in [-0.3, -0.25) is 0 Å². The number of aliphatic carboxylic acids is 1. The molecule has 0 saturated carbocycles. The molecule has 0 bridgehead atoms. The molecule has 1 fully saturated rings. The Kier molecular flexibility index (Phi) is 4.40. The van der Waals surface area contributed by atoms with Crippen LogP contribution in [0.2, 0.25) is 0 Å². The molecule has 0 radical (unpaired) electrons. The highest BCUT2D eigenvalue weighted by Gasteiger charge is 2.33. The lowest BCUT2D eigenvalue weighted by atomic mass is 10.1. The summed E-state index contributed by atoms with van der Waals surface area (Å²) in [6, 6.07) is 1.20. The van der Waals surface area contributed by atoms with Crippen molar-refractivity contribution in [2.45, 2.75) is 18.9 Å². The maximum Gasteiger partial charge on any atom is 0.326 e. The average Bonchev–Trinajstić information content (AvgIpc) is 3.04. The van der Waals surface area contributed by atoms with Gasteiger partial charge in [-0.2, -0.15) is 0 Å². The molecule has 1 aliphatic heterocycles. The van der Waals surface area contributed by atoms with Crippen molar-refractivity contribution in [2.75, 3.05) is 31.4 Å². The van der Waals surface area contributed by atoms with Crippen molar-refractivity contribution >= 4 is 44.2 Å². The van der Waals surface area contributed by atoms with Gasteiger partial charge in [-0.25, -0.2) is 9.78 Å². The van der Waals surface area contributed by atoms with Crippen molar-refractivity contribution in [3.8, 4) is 11.5 Å². The minimum absolute atomic E-state index is 0.424. The van der Waals surface area contributed by atoms with E-state index in [1.807, 2.05) is 4.90 Å². The third kappa shape index (κ3) is 2.50. The van der Waals surface area contributed by atoms with Gasteiger partial charge >= 0.3 is 5.97 Å². The van der Waals surface area contributed by atoms with E-state index in [1.165, 1.54) is 14.2 Å². The standard InChI is InChI=1S/C16H18BrN3O4/c1-23-11-6-8-12(13(18)14(11)24-2)9(17)7-19-15(8)20-5-3-4-10(20)16(21)22/h6-7,10H,3-5,18H2,1-2H3,(H,21,22). The van der Waals surface area contributed by atoms with E-state index in [-0.39, 0.29) is 0 Å². The number of nitrogen functional groups attached to an aromatic ring is 1. The Morgan fingerprint density at radius 1 is 1.46 bits per heavy atom. The Morgan fingerprint density at radius 2 is 2.21 bits per heavy atom. The van der Waals surface area contributed by atoms with Crippen LogP contribution in [0, 0.1) is 0 Å². The summed E-state index contributed by atoms with van der Waals surface area (Å²) in [4.78, 5) is 17.8. The molecular weight excluding hydrogens is 378 g/mol. The summed E-state index contributed by atoms with van der Waals surface area (Å²) in [6.45, 7) is 0.634. The number of fused-ring (bicyclic) bond motifs is 1. The number of hydrogen-bond acceptors (Lipinski definition) is 6. The third-order valence-corrected chi connectivity index (χ3v) is 4.90. The number of hydrogen-bond donors (Lipinski definition) is 2. The van der Waals surface area contributed by atoms with E-state index in [0.717, 1.165) is 17.2 Å². The molecule has 1 saturated heterocycles. The molecule has 1 aliphatic rings. The Bertz CT molecular complexity index is 812. The second kappa shape index (κ2) is 6.35. The second-order valence-corrected chi connectivity index (χ2v) is 6.42. The van der Waals surface area contributed by atoms with Crippen LogP contribution in [0.1, 0.15) is 12.8 Å². The minimum atomic E-state index is -0.848. The van der Waals surface area contributed by atoms with Gasteiger partial charge in [0.1, 0.15) is 11.9 Å². The SMILES string of the molecule is COc1cc2c(N3CCCC3C(=O)O)ncc(Br)c2c(N)c1OC. The molecule has 1 aromatic carbocycles. The van der Waals surface area contributed by atoms with Gasteiger partial charge in [0, 0.05) is 28.0 Å². The number of nitrogens with two attached hydrogens (primary N) is 1. The maximum atomic E-state index is 11.5. The number of carboxylic acid groups (broad SMARTS) is 1. The number of nitrogens with zero attached hydrogens (tertiary/aromatic N) is 2. The first-order chi connectivity index (χ1) is 11.5. The second-order valence-electron chi connectivity index (χ2n) is 5.57. The van der Waals surface area contributed by atoms with Gasteiger partial charge in [-0.15, -0.1) is 0 Å². The minimum Gasteiger partial charge on any atom is -0.493 e. The summed E-state index contributed by atoms with van der Waals surface area (Å²) >= 11 is 3.47. The van der Waals surface area contributed by atoms with Gasteiger partial charge in [-0.1, -0.05) is 0 Å². The van der Waals surface area contributed by atoms with Gasteiger partial charge in [-0.05, 0) is 34.8 Å². The number of halogens is 1. The van der Waals surface area contributed by atoms with E-state index >= 15 is 0 Å². The molecule has 2 aromatic rings. The van der Waals surface area contributed by atoms with Gasteiger partial charge < -0.3 is 25.2 Å². The molecule has 8 heteroatoms. The van der Waals surface area contributed by atoms with Crippen molar-refractivity contribution in [3.63, 3.8) is 0 Å². The molecular formula is C16H18BrN3O4. The molecule has 1 aromatic heterocycles. The van der Waals surface area contributed by atoms with Crippen LogP contribution < -0.4 is 20.1 Å². The largest absolute Gasteiger partial charge is 0.493 e. The van der Waals surface area contributed by atoms with Crippen LogP contribution in [-0.2, 0) is 4.79 Å². The predicted molar refractivity (Wildman–Crippen MR) is 95.0 cm³/mol. The highest BCUT2D eigenvalue weighted by atomic mass is 79.9. The third-order valence-electron chi connectivity index (χ3n) is 4.30. The van der Waals surface area contributed by atoms with Gasteiger partial charge in [0.15, 0.2) is 11.5 Å². The fourth-order valence-corrected chi connectivity index (χ4v) is 3.74. The lowest BCUT2D eigenvalue weighted by molar-refractivity contribution is -0.138. The van der Waals surface area contributed by atoms with E-state index < -0.39 is 12.0 Å². The first-order valence-electron chi connectivity index (χ1n) is 7.47. The first-order valence-corrected chi connectivity index (χ1v) is 8.27. The quantitative estimate of drug-likeness (QED) is 0.767. The summed E-state index contributed by atoms with van der Waals surface area (Å²) in [5.74, 6) is 0.665. The average molecular weight is 396 g/mol. The van der Waals surface area contributed by atoms with Crippen molar-refractivity contribution < 1.29 is 19.4 Å². The molecule has 3 rings (SSSR count). The van der Waals surface area contributed by atoms with Crippen LogP contribution in [0.15, 0.2) is 16.7 Å². The number of methoxy groups -OCH3 is 2. The van der Waals surface area contributed by atoms with E-state index in [4.69, 9.17) is 15.2 Å². The van der Waals surface area contributed by atoms with Crippen molar-refractivity contribution in [1.82, 2.24) is 4.98 Å². The van der Waals surface area contributed by atoms with E-state index in [2.05, 4.69) is 20.9 Å². The number of benzene rings is 1. The Hall–Kier alpha value is -2.22. The number of carboxylic acids is 1. The van der Waals surface area contributed by atoms with E-state index in [0.29, 0.717) is 40.4 Å². The topological polar surface area (TPSA) is 97.9 Å². The maximum absolute atomic E-state index is 11.5. The number of aromatic nitrogens is 1. The van der Waals surface area contributed by atoms with Crippen LogP contribution in [0.25, 0.3) is 10.8 Å². The van der Waals surface area contributed by atoms with Gasteiger partial charge in [0.25, 0.3) is 0 Å². The van der Waals surface area contributed by atoms with Crippen molar-refractivity contribution in [2.24, 2.45) is 0 Å². The molecule has 0 spiro atoms. The fourth-order valence-electron chi connectivity index (χ4n) is 3.21. The predicted octanol–water partition coefficient (Wildman–Crippen LogP) is 2.65. The van der Waals surface area contributed by atoms with Crippen LogP contribution in [0.3, 0.4) is 0 Å². The van der Waals surface area contributed by atoms with Crippen molar-refractivity contribution in [1.29, 1.82) is 0 Å². The van der Waals surface area contributed by atoms with Crippen LogP contribution in [-0.4, -0.2) is 42.9 Å². The molecule has 3 N–H and O–H groups in total. The number of ether oxygens (including phenoxy) is 2. The summed E-state index contributed by atoms with van der Waals surface area (Å²) in [5.41, 5.74) is 6.70. The highest BCUT2D eigenvalue weighted by Crippen LogP contribution is 2.45. The lowest BCUT2D eigenvalue weighted by Crippen LogP contribution is -2.36. The molecule has 1 atom stereocenters. The van der Waals surface area contributed by atoms with Crippen molar-refractivity contribution in [3.05, 3.63) is 16.7 Å². The van der Waals surface area contributed by atoms with Gasteiger partial charge in [0.2, 0.25) is 0 Å². The fraction of sp³-hybridized carbons (Fsp3) is 0.375. The zero-order valence-electron chi connectivity index (χ0n) is 13.4. The Morgan fingerprint density at radius 3 is 2.83 bits per heavy atom. The van der Waals surface area contributed by atoms with Crippen LogP contribution >= 0.6 is 15.9 Å². The number of pyridine rings is 1. The molecule has 7 nitrogen and oxygen atoms in total. The summed E-state index contributed by atoms with van der Waals surface area (Å²) in [6.07, 6.45) is 3.04. The summed E-state index contributed by atoms with van der Waals surface area (Å²) < 4.78 is 11.4. The number of carbonyl (C=O) groups is 1. The normalized spacial score (nSPS) is 17.3. The Labute approximate surface area is 147 Å².